The van der Waals surface area contributed by atoms with Gasteiger partial charge in [0.25, 0.3) is 0 Å². The molecular formula is C66H44N2OSi. The number of aromatic nitrogens is 2. The van der Waals surface area contributed by atoms with Crippen molar-refractivity contribution >= 4 is 94.4 Å². The van der Waals surface area contributed by atoms with Crippen molar-refractivity contribution < 1.29 is 55.1 Å². The van der Waals surface area contributed by atoms with E-state index in [1.54, 1.807) is 36.4 Å². The minimum atomic E-state index is -6.65. The van der Waals surface area contributed by atoms with Gasteiger partial charge in [-0.3, -0.25) is 0 Å². The third-order valence-electron chi connectivity index (χ3n) is 12.0. The summed E-state index contributed by atoms with van der Waals surface area (Å²) in [7, 11) is -6.65. The molecule has 0 atom stereocenters. The molecular weight excluding hydrogens is 865 g/mol. The first-order chi connectivity index (χ1) is 50.1. The Hall–Kier alpha value is -8.96. The number of benzene rings is 11. The van der Waals surface area contributed by atoms with E-state index in [0.29, 0.717) is 20.9 Å². The van der Waals surface area contributed by atoms with E-state index < -0.39 is 318 Å². The molecule has 14 rings (SSSR count). The topological polar surface area (TPSA) is 23.0 Å². The Kier molecular flexibility index (Phi) is 4.10. The van der Waals surface area contributed by atoms with Crippen LogP contribution in [0.5, 0.6) is 0 Å². The van der Waals surface area contributed by atoms with E-state index in [1.165, 1.54) is 10.6 Å². The fraction of sp³-hybridized carbons (Fsp3) is 0. The lowest BCUT2D eigenvalue weighted by atomic mass is 9.93. The van der Waals surface area contributed by atoms with Gasteiger partial charge in [-0.2, -0.15) is 0 Å². The Morgan fingerprint density at radius 3 is 1.44 bits per heavy atom. The number of nitrogens with zero attached hydrogens (tertiary/aromatic N) is 2. The van der Waals surface area contributed by atoms with Crippen molar-refractivity contribution in [2.24, 2.45) is 0 Å². The van der Waals surface area contributed by atoms with Crippen molar-refractivity contribution in [2.45, 2.75) is 0 Å². The van der Waals surface area contributed by atoms with Crippen molar-refractivity contribution in [3.63, 3.8) is 0 Å². The molecule has 328 valence electrons. The minimum Gasteiger partial charge on any atom is -0.454 e. The predicted molar refractivity (Wildman–Crippen MR) is 297 cm³/mol. The van der Waals surface area contributed by atoms with Crippen LogP contribution in [0.3, 0.4) is 0 Å². The van der Waals surface area contributed by atoms with Crippen LogP contribution in [-0.2, 0) is 0 Å². The molecule has 3 aromatic heterocycles. The summed E-state index contributed by atoms with van der Waals surface area (Å²) in [6, 6.07) is -32.4. The van der Waals surface area contributed by atoms with Crippen LogP contribution in [0.25, 0.3) is 99.2 Å². The molecule has 11 aromatic carbocycles. The first-order valence-electron chi connectivity index (χ1n) is 39.6. The number of hydrogen-bond acceptors (Lipinski definition) is 1. The van der Waals surface area contributed by atoms with Crippen molar-refractivity contribution in [1.29, 1.82) is 0 Å². The monoisotopic (exact) mass is 946 g/mol. The lowest BCUT2D eigenvalue weighted by Gasteiger charge is -2.34. The minimum absolute atomic E-state index is 0.0524. The zero-order chi connectivity index (χ0) is 78.4. The van der Waals surface area contributed by atoms with E-state index in [-0.39, 0.29) is 16.8 Å². The molecule has 0 N–H and O–H groups in total. The van der Waals surface area contributed by atoms with Gasteiger partial charge in [0, 0.05) is 38.0 Å². The summed E-state index contributed by atoms with van der Waals surface area (Å²) < 4.78 is 359. The fourth-order valence-electron chi connectivity index (χ4n) is 9.04. The Balaban J connectivity index is 1.18. The van der Waals surface area contributed by atoms with E-state index in [4.69, 9.17) is 25.0 Å². The maximum absolute atomic E-state index is 10.6. The molecule has 3 heterocycles. The van der Waals surface area contributed by atoms with Crippen LogP contribution in [0, 0.1) is 0 Å². The summed E-state index contributed by atoms with van der Waals surface area (Å²) in [5.41, 5.74) is -7.35. The van der Waals surface area contributed by atoms with Crippen LogP contribution in [-0.4, -0.2) is 17.2 Å². The predicted octanol–water partition coefficient (Wildman–Crippen LogP) is 14.5. The lowest BCUT2D eigenvalue weighted by Crippen LogP contribution is -2.74. The summed E-state index contributed by atoms with van der Waals surface area (Å²) in [4.78, 5) is 0. The average Bonchev–Trinajstić information content (AvgIpc) is 1.44. The molecule has 14 aromatic rings. The second-order valence-electron chi connectivity index (χ2n) is 15.5. The van der Waals surface area contributed by atoms with Crippen molar-refractivity contribution in [3.8, 4) is 33.6 Å². The van der Waals surface area contributed by atoms with Crippen molar-refractivity contribution in [2.75, 3.05) is 0 Å². The molecule has 0 radical (unpaired) electrons. The molecule has 0 amide bonds. The number of hydrogen-bond donors (Lipinski definition) is 0. The highest BCUT2D eigenvalue weighted by Gasteiger charge is 2.41. The molecule has 3 nitrogen and oxygen atoms in total. The Bertz CT molecular complexity index is 6300. The van der Waals surface area contributed by atoms with Crippen LogP contribution in [0.4, 0.5) is 0 Å². The lowest BCUT2D eigenvalue weighted by molar-refractivity contribution is 0.666. The molecule has 0 aliphatic carbocycles. The van der Waals surface area contributed by atoms with Gasteiger partial charge in [-0.25, -0.2) is 0 Å². The van der Waals surface area contributed by atoms with Gasteiger partial charge < -0.3 is 13.6 Å². The van der Waals surface area contributed by atoms with Crippen molar-refractivity contribution in [1.82, 2.24) is 9.13 Å². The second-order valence-corrected chi connectivity index (χ2v) is 19.0. The van der Waals surface area contributed by atoms with Gasteiger partial charge >= 0.3 is 0 Å². The first kappa shape index (κ1) is 17.8. The number of fused-ring (bicyclic) bond motifs is 9. The number of para-hydroxylation sites is 4. The fourth-order valence-corrected chi connectivity index (χ4v) is 12.6. The quantitative estimate of drug-likeness (QED) is 0.110. The number of furan rings is 1. The Morgan fingerprint density at radius 2 is 0.829 bits per heavy atom. The molecule has 4 heteroatoms. The SMILES string of the molecule is [2H]c1c([2H])c([2H])c([Si](c2c([2H])c([2H])c([2H])c([2H])c2[2H])(c2c([2H])c([2H])c([2H])c([2H])c2[2H])c2c([2H])c([2H])c([2H])c(-n3c4c([2H])c([2H])c([2H])c([2H])c4c4c([2H])c(-c5c([2H])c([2H])c([2H])c([2H])c5-c5c([2H])c([2H])c6c(c5[2H])c5c([2H])c([2H])c([2H])c([2H])c5n6-c5cccc6c5oc5ccccc56)c([2H])c([2H])c43)c2[2H])c([2H])c1[2H]. The van der Waals surface area contributed by atoms with E-state index in [1.807, 2.05) is 0 Å². The zero-order valence-electron chi connectivity index (χ0n) is 72.3. The van der Waals surface area contributed by atoms with Crippen LogP contribution < -0.4 is 20.7 Å². The number of rotatable bonds is 8. The van der Waals surface area contributed by atoms with E-state index in [9.17, 15) is 30.2 Å². The molecule has 0 saturated carbocycles. The molecule has 70 heavy (non-hydrogen) atoms. The Labute approximate surface area is 458 Å². The van der Waals surface area contributed by atoms with E-state index in [0.717, 1.165) is 0 Å². The van der Waals surface area contributed by atoms with E-state index in [2.05, 4.69) is 0 Å². The normalized spacial score (nSPS) is 19.4. The molecule has 0 fully saturated rings. The molecule has 0 bridgehead atoms. The van der Waals surface area contributed by atoms with Crippen LogP contribution in [0.1, 0.15) is 50.7 Å². The zero-order valence-corrected chi connectivity index (χ0v) is 36.3. The highest BCUT2D eigenvalue weighted by atomic mass is 28.3. The maximum Gasteiger partial charge on any atom is 0.179 e. The third-order valence-corrected chi connectivity index (χ3v) is 16.0. The van der Waals surface area contributed by atoms with E-state index >= 15 is 0 Å². The molecule has 0 spiro atoms. The molecule has 0 aliphatic heterocycles. The van der Waals surface area contributed by atoms with Crippen molar-refractivity contribution in [3.05, 3.63) is 266 Å². The van der Waals surface area contributed by atoms with Gasteiger partial charge in [-0.05, 0) is 103 Å². The van der Waals surface area contributed by atoms with Gasteiger partial charge in [-0.15, -0.1) is 0 Å². The second kappa shape index (κ2) is 16.1. The molecule has 0 unspecified atom stereocenters. The van der Waals surface area contributed by atoms with Gasteiger partial charge in [0.05, 0.1) is 78.5 Å². The summed E-state index contributed by atoms with van der Waals surface area (Å²) in [5.74, 6) is 0. The highest BCUT2D eigenvalue weighted by Crippen LogP contribution is 2.42. The largest absolute Gasteiger partial charge is 0.454 e. The van der Waals surface area contributed by atoms with Crippen LogP contribution in [0.2, 0.25) is 0 Å². The third kappa shape index (κ3) is 6.07. The standard InChI is InChI=1S/C66H44N2OSi/c1-4-21-48(22-5-1)70(49-23-6-2-7-24-49,50-25-8-3-9-26-50)51-27-18-20-47(44-51)67-60-34-15-12-30-54(60)58-42-45(38-40-62(58)67)52-28-10-11-29-53(52)46-39-41-63-59(43-46)55-31-13-16-35-61(55)68(63)64-36-19-33-57-56-32-14-17-37-65(56)69-66(57)64/h1-44H/i1D,2D,3D,4D,5D,6D,7D,8D,9D,10D,11D,12D,13D,15D,16D,18D,20D,21D,22D,23D,24D,25D,26D,27D,28D,29D,30D,31D,34D,35D,38D,39D,40D,41D,42D,43D,44D. The summed E-state index contributed by atoms with van der Waals surface area (Å²) in [5, 5.41) is -6.75. The van der Waals surface area contributed by atoms with Gasteiger partial charge in [0.1, 0.15) is 5.58 Å². The maximum atomic E-state index is 10.6. The summed E-state index contributed by atoms with van der Waals surface area (Å²) in [6.45, 7) is 0. The van der Waals surface area contributed by atoms with Crippen LogP contribution >= 0.6 is 0 Å². The average molecular weight is 946 g/mol. The van der Waals surface area contributed by atoms with Gasteiger partial charge in [0.15, 0.2) is 13.7 Å². The molecule has 0 saturated heterocycles. The van der Waals surface area contributed by atoms with Gasteiger partial charge in [-0.1, -0.05) is 206 Å². The van der Waals surface area contributed by atoms with Crippen LogP contribution in [0.15, 0.2) is 270 Å². The first-order valence-corrected chi connectivity index (χ1v) is 23.1. The Morgan fingerprint density at radius 1 is 0.343 bits per heavy atom. The summed E-state index contributed by atoms with van der Waals surface area (Å²) >= 11 is 0. The van der Waals surface area contributed by atoms with Gasteiger partial charge in [0.2, 0.25) is 0 Å². The highest BCUT2D eigenvalue weighted by molar-refractivity contribution is 7.19. The molecule has 0 aliphatic rings. The summed E-state index contributed by atoms with van der Waals surface area (Å²) in [6.07, 6.45) is 0. The smallest absolute Gasteiger partial charge is 0.179 e.